The monoisotopic (exact) mass is 398 g/mol. The van der Waals surface area contributed by atoms with Crippen LogP contribution in [0.4, 0.5) is 0 Å². The summed E-state index contributed by atoms with van der Waals surface area (Å²) in [4.78, 5) is 29.4. The lowest BCUT2D eigenvalue weighted by Gasteiger charge is -2.27. The van der Waals surface area contributed by atoms with Crippen molar-refractivity contribution in [2.75, 3.05) is 33.8 Å². The van der Waals surface area contributed by atoms with Crippen LogP contribution in [0.3, 0.4) is 0 Å². The van der Waals surface area contributed by atoms with E-state index < -0.39 is 23.5 Å². The number of hydrogen-bond donors (Lipinski definition) is 1. The molecule has 1 N–H and O–H groups in total. The first kappa shape index (κ1) is 20.7. The summed E-state index contributed by atoms with van der Waals surface area (Å²) in [5.41, 5.74) is 0.768. The van der Waals surface area contributed by atoms with Crippen LogP contribution in [0, 0.1) is 0 Å². The standard InChI is InChI=1S/C22H26N2O5/c1-4-28-16-10-8-15(9-11-16)19-18(20(25)17-7-5-14-29-17)21(26)22(27)24(19)13-6-12-23(2)3/h5,7-11,14,19,26H,4,6,12-13H2,1-3H3/t19-/m0/s1. The maximum absolute atomic E-state index is 13.0. The van der Waals surface area contributed by atoms with Crippen molar-refractivity contribution in [3.8, 4) is 5.75 Å². The van der Waals surface area contributed by atoms with Crippen LogP contribution in [0.2, 0.25) is 0 Å². The van der Waals surface area contributed by atoms with Crippen molar-refractivity contribution in [3.63, 3.8) is 0 Å². The van der Waals surface area contributed by atoms with Crippen molar-refractivity contribution < 1.29 is 23.8 Å². The molecule has 7 nitrogen and oxygen atoms in total. The van der Waals surface area contributed by atoms with E-state index >= 15 is 0 Å². The Balaban J connectivity index is 1.97. The van der Waals surface area contributed by atoms with E-state index in [1.165, 1.54) is 12.3 Å². The number of amides is 1. The van der Waals surface area contributed by atoms with Gasteiger partial charge in [-0.25, -0.2) is 0 Å². The van der Waals surface area contributed by atoms with Gasteiger partial charge in [-0.1, -0.05) is 12.1 Å². The minimum atomic E-state index is -0.682. The van der Waals surface area contributed by atoms with Gasteiger partial charge in [0.15, 0.2) is 11.5 Å². The zero-order valence-electron chi connectivity index (χ0n) is 16.9. The molecule has 1 aromatic heterocycles. The fraction of sp³-hybridized carbons (Fsp3) is 0.364. The minimum Gasteiger partial charge on any atom is -0.503 e. The molecule has 0 unspecified atom stereocenters. The molecule has 7 heteroatoms. The highest BCUT2D eigenvalue weighted by Gasteiger charge is 2.44. The average Bonchev–Trinajstić information content (AvgIpc) is 3.31. The largest absolute Gasteiger partial charge is 0.503 e. The Morgan fingerprint density at radius 1 is 1.24 bits per heavy atom. The molecule has 0 radical (unpaired) electrons. The van der Waals surface area contributed by atoms with Crippen LogP contribution in [-0.2, 0) is 4.79 Å². The third-order valence-corrected chi connectivity index (χ3v) is 4.80. The summed E-state index contributed by atoms with van der Waals surface area (Å²) in [5, 5.41) is 10.6. The molecule has 1 aromatic carbocycles. The van der Waals surface area contributed by atoms with Crippen LogP contribution in [0.15, 0.2) is 58.4 Å². The number of furan rings is 1. The molecular formula is C22H26N2O5. The molecular weight excluding hydrogens is 372 g/mol. The second-order valence-corrected chi connectivity index (χ2v) is 7.13. The van der Waals surface area contributed by atoms with Crippen LogP contribution < -0.4 is 4.74 Å². The predicted molar refractivity (Wildman–Crippen MR) is 108 cm³/mol. The molecule has 1 amide bonds. The summed E-state index contributed by atoms with van der Waals surface area (Å²) >= 11 is 0. The Morgan fingerprint density at radius 2 is 1.97 bits per heavy atom. The number of rotatable bonds is 9. The number of carbonyl (C=O) groups is 2. The molecule has 0 aliphatic carbocycles. The second-order valence-electron chi connectivity index (χ2n) is 7.13. The van der Waals surface area contributed by atoms with E-state index in [1.54, 1.807) is 23.1 Å². The lowest BCUT2D eigenvalue weighted by molar-refractivity contribution is -0.129. The van der Waals surface area contributed by atoms with Gasteiger partial charge in [0.2, 0.25) is 5.78 Å². The number of carbonyl (C=O) groups excluding carboxylic acids is 2. The highest BCUT2D eigenvalue weighted by molar-refractivity contribution is 6.15. The number of ketones is 1. The molecule has 0 saturated heterocycles. The van der Waals surface area contributed by atoms with Crippen LogP contribution >= 0.6 is 0 Å². The summed E-state index contributed by atoms with van der Waals surface area (Å²) < 4.78 is 10.7. The van der Waals surface area contributed by atoms with Gasteiger partial charge in [-0.3, -0.25) is 9.59 Å². The molecule has 154 valence electrons. The summed E-state index contributed by atoms with van der Waals surface area (Å²) in [6.07, 6.45) is 2.10. The van der Waals surface area contributed by atoms with Gasteiger partial charge in [-0.2, -0.15) is 0 Å². The van der Waals surface area contributed by atoms with E-state index in [2.05, 4.69) is 0 Å². The Kier molecular flexibility index (Phi) is 6.39. The zero-order chi connectivity index (χ0) is 21.0. The van der Waals surface area contributed by atoms with E-state index in [4.69, 9.17) is 9.15 Å². The molecule has 2 heterocycles. The molecule has 2 aromatic rings. The fourth-order valence-corrected chi connectivity index (χ4v) is 3.47. The first-order valence-electron chi connectivity index (χ1n) is 9.63. The normalized spacial score (nSPS) is 16.8. The van der Waals surface area contributed by atoms with Crippen molar-refractivity contribution in [1.82, 2.24) is 9.80 Å². The van der Waals surface area contributed by atoms with Gasteiger partial charge >= 0.3 is 0 Å². The molecule has 0 bridgehead atoms. The van der Waals surface area contributed by atoms with Crippen LogP contribution in [0.1, 0.15) is 35.5 Å². The van der Waals surface area contributed by atoms with E-state index in [9.17, 15) is 14.7 Å². The van der Waals surface area contributed by atoms with Crippen molar-refractivity contribution in [2.24, 2.45) is 0 Å². The van der Waals surface area contributed by atoms with Crippen LogP contribution in [0.5, 0.6) is 5.75 Å². The Bertz CT molecular complexity index is 884. The number of nitrogens with zero attached hydrogens (tertiary/aromatic N) is 2. The average molecular weight is 398 g/mol. The molecule has 1 aliphatic heterocycles. The lowest BCUT2D eigenvalue weighted by atomic mass is 9.95. The smallest absolute Gasteiger partial charge is 0.290 e. The van der Waals surface area contributed by atoms with E-state index in [0.29, 0.717) is 25.3 Å². The minimum absolute atomic E-state index is 0.0407. The number of benzene rings is 1. The molecule has 1 aliphatic rings. The molecule has 0 fully saturated rings. The highest BCUT2D eigenvalue weighted by Crippen LogP contribution is 2.39. The third-order valence-electron chi connectivity index (χ3n) is 4.80. The summed E-state index contributed by atoms with van der Waals surface area (Å²) in [6, 6.07) is 9.67. The Morgan fingerprint density at radius 3 is 2.55 bits per heavy atom. The van der Waals surface area contributed by atoms with Gasteiger partial charge in [0, 0.05) is 6.54 Å². The molecule has 3 rings (SSSR count). The molecule has 0 spiro atoms. The van der Waals surface area contributed by atoms with E-state index in [1.807, 2.05) is 38.1 Å². The van der Waals surface area contributed by atoms with Gasteiger partial charge in [0.05, 0.1) is 24.5 Å². The first-order valence-corrected chi connectivity index (χ1v) is 9.63. The van der Waals surface area contributed by atoms with Gasteiger partial charge in [0.25, 0.3) is 5.91 Å². The second kappa shape index (κ2) is 8.96. The van der Waals surface area contributed by atoms with Gasteiger partial charge in [-0.15, -0.1) is 0 Å². The Labute approximate surface area is 170 Å². The number of ether oxygens (including phenoxy) is 1. The van der Waals surface area contributed by atoms with Crippen molar-refractivity contribution in [1.29, 1.82) is 0 Å². The topological polar surface area (TPSA) is 83.2 Å². The maximum Gasteiger partial charge on any atom is 0.290 e. The summed E-state index contributed by atoms with van der Waals surface area (Å²) in [6.45, 7) is 3.63. The Hall–Kier alpha value is -3.06. The van der Waals surface area contributed by atoms with Gasteiger partial charge < -0.3 is 24.1 Å². The zero-order valence-corrected chi connectivity index (χ0v) is 16.9. The lowest BCUT2D eigenvalue weighted by Crippen LogP contribution is -2.33. The van der Waals surface area contributed by atoms with Crippen molar-refractivity contribution in [3.05, 3.63) is 65.3 Å². The van der Waals surface area contributed by atoms with E-state index in [0.717, 1.165) is 12.1 Å². The van der Waals surface area contributed by atoms with Crippen LogP contribution in [0.25, 0.3) is 0 Å². The quantitative estimate of drug-likeness (QED) is 0.653. The predicted octanol–water partition coefficient (Wildman–Crippen LogP) is 3.21. The van der Waals surface area contributed by atoms with Gasteiger partial charge in [0.1, 0.15) is 5.75 Å². The molecule has 0 saturated carbocycles. The number of hydrogen-bond acceptors (Lipinski definition) is 6. The third kappa shape index (κ3) is 4.35. The number of aliphatic hydroxyl groups is 1. The van der Waals surface area contributed by atoms with Crippen LogP contribution in [-0.4, -0.2) is 60.4 Å². The maximum atomic E-state index is 13.0. The molecule has 29 heavy (non-hydrogen) atoms. The summed E-state index contributed by atoms with van der Waals surface area (Å²) in [7, 11) is 3.91. The highest BCUT2D eigenvalue weighted by atomic mass is 16.5. The summed E-state index contributed by atoms with van der Waals surface area (Å²) in [5.74, 6) is -0.764. The van der Waals surface area contributed by atoms with Crippen molar-refractivity contribution >= 4 is 11.7 Å². The molecule has 1 atom stereocenters. The number of aliphatic hydroxyl groups excluding tert-OH is 1. The first-order chi connectivity index (χ1) is 13.9. The number of Topliss-reactive ketones (excluding diaryl/α,β-unsaturated/α-hetero) is 1. The SMILES string of the molecule is CCOc1ccc([C@H]2C(C(=O)c3ccco3)=C(O)C(=O)N2CCCN(C)C)cc1. The van der Waals surface area contributed by atoms with E-state index in [-0.39, 0.29) is 11.3 Å². The fourth-order valence-electron chi connectivity index (χ4n) is 3.47. The van der Waals surface area contributed by atoms with Gasteiger partial charge in [-0.05, 0) is 63.8 Å². The van der Waals surface area contributed by atoms with Crippen molar-refractivity contribution in [2.45, 2.75) is 19.4 Å².